The van der Waals surface area contributed by atoms with Gasteiger partial charge in [0.2, 0.25) is 0 Å². The van der Waals surface area contributed by atoms with Crippen molar-refractivity contribution in [3.8, 4) is 0 Å². The summed E-state index contributed by atoms with van der Waals surface area (Å²) in [5.41, 5.74) is 0.438. The normalized spacial score (nSPS) is 10.2. The third kappa shape index (κ3) is 3.16. The molecule has 0 saturated carbocycles. The van der Waals surface area contributed by atoms with Crippen LogP contribution < -0.4 is 10.6 Å². The van der Waals surface area contributed by atoms with E-state index in [1.807, 2.05) is 11.6 Å². The number of hydrogen-bond donors (Lipinski definition) is 2. The summed E-state index contributed by atoms with van der Waals surface area (Å²) >= 11 is 0. The SMILES string of the molecule is CNC(=O)c1ccc(NCc2nccn2C)c([N+](=O)[O-])c1. The average Bonchev–Trinajstić information content (AvgIpc) is 2.89. The number of aryl methyl sites for hydroxylation is 1. The lowest BCUT2D eigenvalue weighted by Crippen LogP contribution is -2.18. The highest BCUT2D eigenvalue weighted by atomic mass is 16.6. The van der Waals surface area contributed by atoms with Gasteiger partial charge in [-0.25, -0.2) is 4.98 Å². The van der Waals surface area contributed by atoms with Gasteiger partial charge in [-0.1, -0.05) is 0 Å². The molecule has 0 fully saturated rings. The van der Waals surface area contributed by atoms with E-state index in [-0.39, 0.29) is 17.2 Å². The van der Waals surface area contributed by atoms with E-state index in [0.717, 1.165) is 5.82 Å². The fourth-order valence-electron chi connectivity index (χ4n) is 1.86. The second-order valence-corrected chi connectivity index (χ2v) is 4.38. The molecule has 0 saturated heterocycles. The topological polar surface area (TPSA) is 102 Å². The number of imidazole rings is 1. The maximum absolute atomic E-state index is 11.5. The molecule has 21 heavy (non-hydrogen) atoms. The monoisotopic (exact) mass is 289 g/mol. The minimum Gasteiger partial charge on any atom is -0.372 e. The van der Waals surface area contributed by atoms with Crippen LogP contribution in [-0.2, 0) is 13.6 Å². The molecule has 0 unspecified atom stereocenters. The molecule has 2 aromatic rings. The summed E-state index contributed by atoms with van der Waals surface area (Å²) < 4.78 is 1.82. The van der Waals surface area contributed by atoms with Crippen LogP contribution in [0.3, 0.4) is 0 Å². The third-order valence-electron chi connectivity index (χ3n) is 3.04. The Bertz CT molecular complexity index is 680. The van der Waals surface area contributed by atoms with Crippen LogP contribution in [0.5, 0.6) is 0 Å². The largest absolute Gasteiger partial charge is 0.372 e. The minimum atomic E-state index is -0.521. The van der Waals surface area contributed by atoms with Crippen molar-refractivity contribution >= 4 is 17.3 Å². The van der Waals surface area contributed by atoms with Crippen LogP contribution in [0.15, 0.2) is 30.6 Å². The van der Waals surface area contributed by atoms with E-state index in [2.05, 4.69) is 15.6 Å². The summed E-state index contributed by atoms with van der Waals surface area (Å²) in [7, 11) is 3.31. The van der Waals surface area contributed by atoms with E-state index in [1.54, 1.807) is 12.4 Å². The highest BCUT2D eigenvalue weighted by Crippen LogP contribution is 2.26. The van der Waals surface area contributed by atoms with E-state index in [1.165, 1.54) is 25.2 Å². The average molecular weight is 289 g/mol. The Labute approximate surface area is 121 Å². The van der Waals surface area contributed by atoms with Crippen LogP contribution in [0.1, 0.15) is 16.2 Å². The molecule has 0 aliphatic rings. The molecule has 2 N–H and O–H groups in total. The fourth-order valence-corrected chi connectivity index (χ4v) is 1.86. The standard InChI is InChI=1S/C13H15N5O3/c1-14-13(19)9-3-4-10(11(7-9)18(20)21)16-8-12-15-5-6-17(12)2/h3-7,16H,8H2,1-2H3,(H,14,19). The Morgan fingerprint density at radius 2 is 2.24 bits per heavy atom. The Morgan fingerprint density at radius 3 is 2.81 bits per heavy atom. The van der Waals surface area contributed by atoms with Crippen LogP contribution in [0.4, 0.5) is 11.4 Å². The van der Waals surface area contributed by atoms with Crippen LogP contribution >= 0.6 is 0 Å². The first-order valence-electron chi connectivity index (χ1n) is 6.23. The quantitative estimate of drug-likeness (QED) is 0.638. The number of benzene rings is 1. The Morgan fingerprint density at radius 1 is 1.48 bits per heavy atom. The number of nitro benzene ring substituents is 1. The van der Waals surface area contributed by atoms with Gasteiger partial charge in [-0.2, -0.15) is 0 Å². The molecule has 2 rings (SSSR count). The van der Waals surface area contributed by atoms with E-state index < -0.39 is 4.92 Å². The first kappa shape index (κ1) is 14.5. The van der Waals surface area contributed by atoms with E-state index >= 15 is 0 Å². The second-order valence-electron chi connectivity index (χ2n) is 4.38. The second kappa shape index (κ2) is 6.04. The van der Waals surface area contributed by atoms with Gasteiger partial charge in [0.15, 0.2) is 0 Å². The van der Waals surface area contributed by atoms with Gasteiger partial charge >= 0.3 is 0 Å². The first-order valence-corrected chi connectivity index (χ1v) is 6.23. The molecule has 0 spiro atoms. The maximum atomic E-state index is 11.5. The molecular formula is C13H15N5O3. The zero-order chi connectivity index (χ0) is 15.4. The number of anilines is 1. The molecule has 8 heteroatoms. The summed E-state index contributed by atoms with van der Waals surface area (Å²) in [5.74, 6) is 0.383. The smallest absolute Gasteiger partial charge is 0.293 e. The number of carbonyl (C=O) groups is 1. The minimum absolute atomic E-state index is 0.148. The first-order chi connectivity index (χ1) is 10.0. The van der Waals surface area contributed by atoms with Crippen LogP contribution in [0.25, 0.3) is 0 Å². The van der Waals surface area contributed by atoms with Crippen LogP contribution in [0, 0.1) is 10.1 Å². The predicted octanol–water partition coefficient (Wildman–Crippen LogP) is 1.30. The highest BCUT2D eigenvalue weighted by Gasteiger charge is 2.17. The summed E-state index contributed by atoms with van der Waals surface area (Å²) in [6, 6.07) is 4.30. The van der Waals surface area contributed by atoms with Crippen molar-refractivity contribution in [2.45, 2.75) is 6.54 Å². The summed E-state index contributed by atoms with van der Waals surface area (Å²) in [6.07, 6.45) is 3.44. The molecule has 0 radical (unpaired) electrons. The van der Waals surface area contributed by atoms with Gasteiger partial charge in [0.1, 0.15) is 11.5 Å². The molecular weight excluding hydrogens is 274 g/mol. The molecule has 0 aliphatic heterocycles. The molecule has 1 aromatic carbocycles. The van der Waals surface area contributed by atoms with E-state index in [9.17, 15) is 14.9 Å². The molecule has 1 amide bonds. The zero-order valence-corrected chi connectivity index (χ0v) is 11.7. The molecule has 8 nitrogen and oxygen atoms in total. The third-order valence-corrected chi connectivity index (χ3v) is 3.04. The lowest BCUT2D eigenvalue weighted by molar-refractivity contribution is -0.384. The number of rotatable bonds is 5. The van der Waals surface area contributed by atoms with Crippen LogP contribution in [-0.4, -0.2) is 27.4 Å². The van der Waals surface area contributed by atoms with Gasteiger partial charge in [-0.3, -0.25) is 14.9 Å². The number of aromatic nitrogens is 2. The summed E-state index contributed by atoms with van der Waals surface area (Å²) in [6.45, 7) is 0.351. The number of carbonyl (C=O) groups excluding carboxylic acids is 1. The van der Waals surface area contributed by atoms with Crippen molar-refractivity contribution in [1.29, 1.82) is 0 Å². The fraction of sp³-hybridized carbons (Fsp3) is 0.231. The van der Waals surface area contributed by atoms with Gasteiger partial charge < -0.3 is 15.2 Å². The number of amides is 1. The molecule has 110 valence electrons. The number of nitrogens with zero attached hydrogens (tertiary/aromatic N) is 3. The van der Waals surface area contributed by atoms with E-state index in [0.29, 0.717) is 12.2 Å². The predicted molar refractivity (Wildman–Crippen MR) is 77.0 cm³/mol. The number of nitrogens with one attached hydrogen (secondary N) is 2. The van der Waals surface area contributed by atoms with Crippen molar-refractivity contribution in [2.24, 2.45) is 7.05 Å². The van der Waals surface area contributed by atoms with Gasteiger partial charge in [-0.05, 0) is 12.1 Å². The van der Waals surface area contributed by atoms with Gasteiger partial charge in [-0.15, -0.1) is 0 Å². The van der Waals surface area contributed by atoms with Crippen LogP contribution in [0.2, 0.25) is 0 Å². The summed E-state index contributed by atoms with van der Waals surface area (Å²) in [5, 5.41) is 16.5. The Hall–Kier alpha value is -2.90. The van der Waals surface area contributed by atoms with Crippen molar-refractivity contribution in [3.05, 3.63) is 52.1 Å². The van der Waals surface area contributed by atoms with Crippen molar-refractivity contribution in [1.82, 2.24) is 14.9 Å². The summed E-state index contributed by atoms with van der Waals surface area (Å²) in [4.78, 5) is 26.3. The number of hydrogen-bond acceptors (Lipinski definition) is 5. The number of nitro groups is 1. The van der Waals surface area contributed by atoms with Gasteiger partial charge in [0.05, 0.1) is 11.5 Å². The van der Waals surface area contributed by atoms with Crippen molar-refractivity contribution < 1.29 is 9.72 Å². The molecule has 0 bridgehead atoms. The maximum Gasteiger partial charge on any atom is 0.293 e. The lowest BCUT2D eigenvalue weighted by Gasteiger charge is -2.08. The Balaban J connectivity index is 2.24. The van der Waals surface area contributed by atoms with Gasteiger partial charge in [0.25, 0.3) is 11.6 Å². The van der Waals surface area contributed by atoms with Crippen molar-refractivity contribution in [3.63, 3.8) is 0 Å². The zero-order valence-electron chi connectivity index (χ0n) is 11.7. The molecule has 1 aromatic heterocycles. The molecule has 0 atom stereocenters. The van der Waals surface area contributed by atoms with Gasteiger partial charge in [0, 0.05) is 38.1 Å². The molecule has 0 aliphatic carbocycles. The van der Waals surface area contributed by atoms with Crippen molar-refractivity contribution in [2.75, 3.05) is 12.4 Å². The Kier molecular flexibility index (Phi) is 4.17. The lowest BCUT2D eigenvalue weighted by atomic mass is 10.1. The highest BCUT2D eigenvalue weighted by molar-refractivity contribution is 5.95. The molecule has 1 heterocycles. The van der Waals surface area contributed by atoms with E-state index in [4.69, 9.17) is 0 Å².